The van der Waals surface area contributed by atoms with Crippen molar-refractivity contribution in [1.82, 2.24) is 0 Å². The van der Waals surface area contributed by atoms with Crippen molar-refractivity contribution in [3.05, 3.63) is 22.4 Å². The van der Waals surface area contributed by atoms with Crippen LogP contribution in [0.1, 0.15) is 24.6 Å². The summed E-state index contributed by atoms with van der Waals surface area (Å²) in [5, 5.41) is 2.12. The van der Waals surface area contributed by atoms with Gasteiger partial charge in [0.25, 0.3) is 0 Å². The van der Waals surface area contributed by atoms with Crippen LogP contribution in [0.3, 0.4) is 0 Å². The Morgan fingerprint density at radius 1 is 1.44 bits per heavy atom. The maximum absolute atomic E-state index is 2.21. The summed E-state index contributed by atoms with van der Waals surface area (Å²) in [7, 11) is 0. The predicted molar refractivity (Wildman–Crippen MR) is 45.6 cm³/mol. The fourth-order valence-electron chi connectivity index (χ4n) is 0.620. The van der Waals surface area contributed by atoms with E-state index in [9.17, 15) is 0 Å². The normalized spacial score (nSPS) is 9.22. The van der Waals surface area contributed by atoms with E-state index in [1.54, 1.807) is 0 Å². The quantitative estimate of drug-likeness (QED) is 0.516. The first-order chi connectivity index (χ1) is 3.80. The second kappa shape index (κ2) is 4.17. The molecule has 0 fully saturated rings. The summed E-state index contributed by atoms with van der Waals surface area (Å²) >= 11 is 1.83. The topological polar surface area (TPSA) is 0 Å². The van der Waals surface area contributed by atoms with E-state index in [0.29, 0.717) is 5.92 Å². The Morgan fingerprint density at radius 2 is 2.11 bits per heavy atom. The van der Waals surface area contributed by atoms with Crippen LogP contribution in [0, 0.1) is 0 Å². The van der Waals surface area contributed by atoms with Gasteiger partial charge >= 0.3 is 18.9 Å². The average molecular weight is 134 g/mol. The van der Waals surface area contributed by atoms with Crippen LogP contribution in [-0.4, -0.2) is 18.9 Å². The van der Waals surface area contributed by atoms with E-state index in [4.69, 9.17) is 0 Å². The first-order valence-corrected chi connectivity index (χ1v) is 3.72. The Hall–Kier alpha value is 0.297. The van der Waals surface area contributed by atoms with E-state index >= 15 is 0 Å². The molecular formula is C7H11LiS. The first kappa shape index (κ1) is 9.30. The van der Waals surface area contributed by atoms with Gasteiger partial charge in [0.1, 0.15) is 0 Å². The molecule has 0 unspecified atom stereocenters. The molecule has 0 saturated carbocycles. The molecule has 0 amide bonds. The molecule has 0 aliphatic heterocycles. The molecule has 0 radical (unpaired) electrons. The molecule has 1 heterocycles. The molecule has 0 atom stereocenters. The third kappa shape index (κ3) is 2.58. The zero-order valence-corrected chi connectivity index (χ0v) is 6.03. The van der Waals surface area contributed by atoms with Crippen molar-refractivity contribution in [1.29, 1.82) is 0 Å². The van der Waals surface area contributed by atoms with Gasteiger partial charge in [-0.25, -0.2) is 0 Å². The molecule has 0 saturated heterocycles. The van der Waals surface area contributed by atoms with E-state index in [1.807, 2.05) is 11.3 Å². The van der Waals surface area contributed by atoms with Gasteiger partial charge in [0.15, 0.2) is 0 Å². The summed E-state index contributed by atoms with van der Waals surface area (Å²) in [6.07, 6.45) is 0. The second-order valence-electron chi connectivity index (χ2n) is 2.17. The summed E-state index contributed by atoms with van der Waals surface area (Å²) in [5.74, 6) is 0.704. The molecule has 0 aliphatic rings. The second-order valence-corrected chi connectivity index (χ2v) is 3.15. The van der Waals surface area contributed by atoms with Gasteiger partial charge < -0.3 is 0 Å². The minimum atomic E-state index is 0. The van der Waals surface area contributed by atoms with Gasteiger partial charge in [0.2, 0.25) is 0 Å². The van der Waals surface area contributed by atoms with E-state index < -0.39 is 0 Å². The van der Waals surface area contributed by atoms with Gasteiger partial charge in [-0.3, -0.25) is 0 Å². The molecule has 9 heavy (non-hydrogen) atoms. The molecule has 0 nitrogen and oxygen atoms in total. The summed E-state index contributed by atoms with van der Waals surface area (Å²) in [4.78, 5) is 1.48. The summed E-state index contributed by atoms with van der Waals surface area (Å²) < 4.78 is 0. The Labute approximate surface area is 72.5 Å². The summed E-state index contributed by atoms with van der Waals surface area (Å²) in [6, 6.07) is 4.27. The molecule has 0 aromatic carbocycles. The monoisotopic (exact) mass is 134 g/mol. The van der Waals surface area contributed by atoms with E-state index in [-0.39, 0.29) is 18.9 Å². The maximum atomic E-state index is 2.21. The zero-order valence-electron chi connectivity index (χ0n) is 5.22. The van der Waals surface area contributed by atoms with Gasteiger partial charge in [-0.2, -0.15) is 0 Å². The van der Waals surface area contributed by atoms with E-state index in [1.165, 1.54) is 4.88 Å². The Bertz CT molecular complexity index is 144. The van der Waals surface area contributed by atoms with Crippen molar-refractivity contribution < 1.29 is 0 Å². The van der Waals surface area contributed by atoms with Crippen molar-refractivity contribution >= 4 is 30.2 Å². The third-order valence-corrected chi connectivity index (χ3v) is 2.29. The molecular weight excluding hydrogens is 123 g/mol. The molecule has 0 bridgehead atoms. The molecule has 0 spiro atoms. The van der Waals surface area contributed by atoms with Crippen LogP contribution in [0.4, 0.5) is 0 Å². The third-order valence-electron chi connectivity index (χ3n) is 1.11. The molecule has 1 aromatic rings. The van der Waals surface area contributed by atoms with E-state index in [2.05, 4.69) is 31.4 Å². The SMILES string of the molecule is CC(C)c1cccs1.[LiH]. The van der Waals surface area contributed by atoms with Gasteiger partial charge in [0.05, 0.1) is 0 Å². The van der Waals surface area contributed by atoms with Crippen LogP contribution in [0.5, 0.6) is 0 Å². The van der Waals surface area contributed by atoms with Gasteiger partial charge in [-0.15, -0.1) is 11.3 Å². The van der Waals surface area contributed by atoms with Crippen molar-refractivity contribution in [3.63, 3.8) is 0 Å². The van der Waals surface area contributed by atoms with Crippen LogP contribution in [0.25, 0.3) is 0 Å². The van der Waals surface area contributed by atoms with Crippen LogP contribution in [-0.2, 0) is 0 Å². The molecule has 2 heteroatoms. The standard InChI is InChI=1S/C7H10S.Li.H/c1-6(2)7-4-3-5-8-7;;/h3-6H,1-2H3;;. The summed E-state index contributed by atoms with van der Waals surface area (Å²) in [5.41, 5.74) is 0. The molecule has 0 N–H and O–H groups in total. The average Bonchev–Trinajstić information content (AvgIpc) is 2.12. The Kier molecular flexibility index (Phi) is 4.30. The molecule has 0 aliphatic carbocycles. The number of thiophene rings is 1. The van der Waals surface area contributed by atoms with Crippen LogP contribution in [0.15, 0.2) is 17.5 Å². The van der Waals surface area contributed by atoms with Crippen molar-refractivity contribution in [2.75, 3.05) is 0 Å². The van der Waals surface area contributed by atoms with Gasteiger partial charge in [-0.1, -0.05) is 19.9 Å². The molecule has 46 valence electrons. The summed E-state index contributed by atoms with van der Waals surface area (Å²) in [6.45, 7) is 4.43. The minimum absolute atomic E-state index is 0. The van der Waals surface area contributed by atoms with Crippen LogP contribution < -0.4 is 0 Å². The Balaban J connectivity index is 0.000000640. The fraction of sp³-hybridized carbons (Fsp3) is 0.429. The zero-order chi connectivity index (χ0) is 5.98. The number of hydrogen-bond donors (Lipinski definition) is 0. The molecule has 1 aromatic heterocycles. The number of rotatable bonds is 1. The van der Waals surface area contributed by atoms with E-state index in [0.717, 1.165) is 0 Å². The van der Waals surface area contributed by atoms with Crippen molar-refractivity contribution in [2.45, 2.75) is 19.8 Å². The van der Waals surface area contributed by atoms with Crippen molar-refractivity contribution in [3.8, 4) is 0 Å². The van der Waals surface area contributed by atoms with Crippen molar-refractivity contribution in [2.24, 2.45) is 0 Å². The predicted octanol–water partition coefficient (Wildman–Crippen LogP) is 2.22. The Morgan fingerprint density at radius 3 is 2.33 bits per heavy atom. The first-order valence-electron chi connectivity index (χ1n) is 2.84. The van der Waals surface area contributed by atoms with Gasteiger partial charge in [0, 0.05) is 4.88 Å². The van der Waals surface area contributed by atoms with Crippen LogP contribution in [0.2, 0.25) is 0 Å². The van der Waals surface area contributed by atoms with Gasteiger partial charge in [-0.05, 0) is 17.4 Å². The fourth-order valence-corrected chi connectivity index (χ4v) is 1.36. The van der Waals surface area contributed by atoms with Crippen LogP contribution >= 0.6 is 11.3 Å². The number of hydrogen-bond acceptors (Lipinski definition) is 1. The molecule has 1 rings (SSSR count).